The molecule has 3 rings (SSSR count). The van der Waals surface area contributed by atoms with Crippen molar-refractivity contribution in [3.05, 3.63) is 71.8 Å². The van der Waals surface area contributed by atoms with Crippen LogP contribution >= 0.6 is 0 Å². The number of benzene rings is 2. The maximum absolute atomic E-state index is 14.5. The van der Waals surface area contributed by atoms with E-state index in [1.165, 1.54) is 26.2 Å². The van der Waals surface area contributed by atoms with Gasteiger partial charge in [-0.15, -0.1) is 0 Å². The average molecular weight is 852 g/mol. The molecule has 1 aliphatic rings. The van der Waals surface area contributed by atoms with Crippen LogP contribution in [0.15, 0.2) is 60.7 Å². The van der Waals surface area contributed by atoms with Crippen LogP contribution < -0.4 is 10.6 Å². The summed E-state index contributed by atoms with van der Waals surface area (Å²) in [6.07, 6.45) is -0.842. The third kappa shape index (κ3) is 13.5. The molecule has 14 nitrogen and oxygen atoms in total. The van der Waals surface area contributed by atoms with E-state index in [-0.39, 0.29) is 54.5 Å². The molecule has 0 radical (unpaired) electrons. The highest BCUT2D eigenvalue weighted by Crippen LogP contribution is 2.30. The molecule has 2 aromatic carbocycles. The van der Waals surface area contributed by atoms with Crippen molar-refractivity contribution in [2.45, 2.75) is 136 Å². The van der Waals surface area contributed by atoms with Crippen LogP contribution in [-0.2, 0) is 40.0 Å². The van der Waals surface area contributed by atoms with Gasteiger partial charge in [0, 0.05) is 34.9 Å². The summed E-state index contributed by atoms with van der Waals surface area (Å²) in [6, 6.07) is 15.1. The normalized spacial score (nSPS) is 18.5. The Morgan fingerprint density at radius 1 is 0.820 bits per heavy atom. The van der Waals surface area contributed by atoms with Crippen LogP contribution in [0.3, 0.4) is 0 Å². The number of amides is 5. The van der Waals surface area contributed by atoms with E-state index >= 15 is 0 Å². The molecular formula is C47H73N5O9. The Morgan fingerprint density at radius 2 is 1.43 bits per heavy atom. The topological polar surface area (TPSA) is 167 Å². The molecule has 1 heterocycles. The van der Waals surface area contributed by atoms with Gasteiger partial charge in [0.2, 0.25) is 23.6 Å². The Hall–Kier alpha value is -4.53. The number of nitrogens with zero attached hydrogens (tertiary/aromatic N) is 3. The Labute approximate surface area is 364 Å². The number of carbonyl (C=O) groups excluding carboxylic acids is 5. The highest BCUT2D eigenvalue weighted by molar-refractivity contribution is 5.91. The number of carbonyl (C=O) groups is 5. The first kappa shape index (κ1) is 50.8. The molecule has 0 spiro atoms. The van der Waals surface area contributed by atoms with E-state index in [0.717, 1.165) is 12.0 Å². The predicted octanol–water partition coefficient (Wildman–Crippen LogP) is 5.58. The van der Waals surface area contributed by atoms with Gasteiger partial charge in [-0.05, 0) is 48.6 Å². The van der Waals surface area contributed by atoms with Crippen molar-refractivity contribution in [1.29, 1.82) is 0 Å². The first-order valence-electron chi connectivity index (χ1n) is 21.8. The van der Waals surface area contributed by atoms with Crippen LogP contribution in [0.2, 0.25) is 0 Å². The minimum Gasteiger partial charge on any atom is -0.445 e. The van der Waals surface area contributed by atoms with Crippen molar-refractivity contribution in [3.8, 4) is 0 Å². The molecule has 3 N–H and O–H groups in total. The smallest absolute Gasteiger partial charge is 0.410 e. The van der Waals surface area contributed by atoms with Crippen molar-refractivity contribution < 1.29 is 43.3 Å². The zero-order valence-corrected chi connectivity index (χ0v) is 38.5. The van der Waals surface area contributed by atoms with Gasteiger partial charge < -0.3 is 39.8 Å². The standard InChI is InChI=1S/C47H73N5O9/c1-13-31(6)41(50(9)46(57)39(29(2)3)49-45(56)40(30(4)5)51(10)47(58)61-28-34-21-16-14-17-22-34)37(59-11)27-38(53)52-26-20-25-36(52)43(60-12)32(7)44(55)48-33(8)42(54)35-23-18-15-19-24-35/h14-19,21-24,29-33,36-37,39-43,54H,13,20,25-28H2,1-12H3,(H,48,55)(H,49,56)/t31-,32+,33-,36-,37-,39-,40-,41-,42-,43+/m0/s1. The maximum atomic E-state index is 14.5. The van der Waals surface area contributed by atoms with E-state index in [9.17, 15) is 29.1 Å². The quantitative estimate of drug-likeness (QED) is 0.137. The summed E-state index contributed by atoms with van der Waals surface area (Å²) in [5, 5.41) is 16.8. The molecule has 61 heavy (non-hydrogen) atoms. The second-order valence-corrected chi connectivity index (χ2v) is 17.3. The third-order valence-electron chi connectivity index (χ3n) is 12.3. The lowest BCUT2D eigenvalue weighted by Gasteiger charge is -2.41. The van der Waals surface area contributed by atoms with Gasteiger partial charge in [-0.2, -0.15) is 0 Å². The number of ether oxygens (including phenoxy) is 3. The highest BCUT2D eigenvalue weighted by atomic mass is 16.6. The Bertz CT molecular complexity index is 1700. The van der Waals surface area contributed by atoms with Crippen molar-refractivity contribution in [2.24, 2.45) is 23.7 Å². The molecule has 5 amide bonds. The van der Waals surface area contributed by atoms with Crippen molar-refractivity contribution in [3.63, 3.8) is 0 Å². The summed E-state index contributed by atoms with van der Waals surface area (Å²) < 4.78 is 17.5. The molecule has 0 aromatic heterocycles. The van der Waals surface area contributed by atoms with Crippen LogP contribution in [0.1, 0.15) is 98.3 Å². The van der Waals surface area contributed by atoms with E-state index < -0.39 is 60.4 Å². The molecule has 14 heteroatoms. The Kier molecular flexibility index (Phi) is 20.2. The Morgan fingerprint density at radius 3 is 1.97 bits per heavy atom. The number of methoxy groups -OCH3 is 2. The van der Waals surface area contributed by atoms with Gasteiger partial charge in [0.1, 0.15) is 18.7 Å². The maximum Gasteiger partial charge on any atom is 0.410 e. The van der Waals surface area contributed by atoms with E-state index in [4.69, 9.17) is 14.2 Å². The number of likely N-dealkylation sites (tertiary alicyclic amines) is 1. The fourth-order valence-corrected chi connectivity index (χ4v) is 8.51. The lowest BCUT2D eigenvalue weighted by atomic mass is 9.89. The number of likely N-dealkylation sites (N-methyl/N-ethyl adjacent to an activating group) is 2. The predicted molar refractivity (Wildman–Crippen MR) is 235 cm³/mol. The van der Waals surface area contributed by atoms with Gasteiger partial charge in [-0.3, -0.25) is 24.1 Å². The first-order valence-corrected chi connectivity index (χ1v) is 21.8. The number of aliphatic hydroxyl groups excluding tert-OH is 1. The van der Waals surface area contributed by atoms with Crippen LogP contribution in [0, 0.1) is 23.7 Å². The van der Waals surface area contributed by atoms with Crippen LogP contribution in [0.4, 0.5) is 4.79 Å². The van der Waals surface area contributed by atoms with Gasteiger partial charge in [-0.1, -0.05) is 116 Å². The second-order valence-electron chi connectivity index (χ2n) is 17.3. The summed E-state index contributed by atoms with van der Waals surface area (Å²) in [6.45, 7) is 15.4. The zero-order chi connectivity index (χ0) is 45.6. The lowest BCUT2D eigenvalue weighted by molar-refractivity contribution is -0.148. The number of hydrogen-bond acceptors (Lipinski definition) is 9. The fraction of sp³-hybridized carbons (Fsp3) is 0.638. The molecule has 10 atom stereocenters. The van der Waals surface area contributed by atoms with Crippen molar-refractivity contribution in [1.82, 2.24) is 25.3 Å². The van der Waals surface area contributed by atoms with Crippen LogP contribution in [-0.4, -0.2) is 127 Å². The SMILES string of the molecule is CC[C@H](C)[C@@H]([C@H](CC(=O)N1CCC[C@H]1[C@H](OC)[C@@H](C)C(=O)N[C@@H](C)[C@H](O)c1ccccc1)OC)N(C)C(=O)[C@@H](NC(=O)[C@H](C(C)C)N(C)C(=O)OCc1ccccc1)C(C)C. The summed E-state index contributed by atoms with van der Waals surface area (Å²) in [5.41, 5.74) is 1.51. The summed E-state index contributed by atoms with van der Waals surface area (Å²) in [4.78, 5) is 74.1. The monoisotopic (exact) mass is 852 g/mol. The molecule has 340 valence electrons. The highest BCUT2D eigenvalue weighted by Gasteiger charge is 2.43. The van der Waals surface area contributed by atoms with Crippen molar-refractivity contribution in [2.75, 3.05) is 34.9 Å². The van der Waals surface area contributed by atoms with Gasteiger partial charge in [-0.25, -0.2) is 4.79 Å². The molecular weight excluding hydrogens is 779 g/mol. The summed E-state index contributed by atoms with van der Waals surface area (Å²) in [7, 11) is 6.27. The van der Waals surface area contributed by atoms with Gasteiger partial charge in [0.15, 0.2) is 0 Å². The molecule has 1 fully saturated rings. The first-order chi connectivity index (χ1) is 28.9. The molecule has 1 saturated heterocycles. The molecule has 2 aromatic rings. The molecule has 0 saturated carbocycles. The van der Waals surface area contributed by atoms with Gasteiger partial charge >= 0.3 is 6.09 Å². The zero-order valence-electron chi connectivity index (χ0n) is 38.5. The number of rotatable bonds is 22. The summed E-state index contributed by atoms with van der Waals surface area (Å²) >= 11 is 0. The van der Waals surface area contributed by atoms with Crippen LogP contribution in [0.5, 0.6) is 0 Å². The fourth-order valence-electron chi connectivity index (χ4n) is 8.51. The minimum absolute atomic E-state index is 0.0268. The van der Waals surface area contributed by atoms with Crippen LogP contribution in [0.25, 0.3) is 0 Å². The Balaban J connectivity index is 1.75. The van der Waals surface area contributed by atoms with E-state index in [0.29, 0.717) is 24.9 Å². The van der Waals surface area contributed by atoms with E-state index in [1.54, 1.807) is 30.7 Å². The second kappa shape index (κ2) is 24.2. The number of aliphatic hydroxyl groups is 1. The molecule has 0 unspecified atom stereocenters. The molecule has 0 aliphatic carbocycles. The third-order valence-corrected chi connectivity index (χ3v) is 12.3. The minimum atomic E-state index is -0.943. The van der Waals surface area contributed by atoms with Crippen molar-refractivity contribution >= 4 is 29.7 Å². The van der Waals surface area contributed by atoms with E-state index in [2.05, 4.69) is 10.6 Å². The number of nitrogens with one attached hydrogen (secondary N) is 2. The van der Waals surface area contributed by atoms with Gasteiger partial charge in [0.25, 0.3) is 0 Å². The lowest BCUT2D eigenvalue weighted by Crippen LogP contribution is -2.60. The summed E-state index contributed by atoms with van der Waals surface area (Å²) in [5.74, 6) is -2.64. The van der Waals surface area contributed by atoms with E-state index in [1.807, 2.05) is 102 Å². The largest absolute Gasteiger partial charge is 0.445 e. The molecule has 0 bridgehead atoms. The van der Waals surface area contributed by atoms with Gasteiger partial charge in [0.05, 0.1) is 48.8 Å². The average Bonchev–Trinajstić information content (AvgIpc) is 3.74. The molecule has 1 aliphatic heterocycles. The number of hydrogen-bond donors (Lipinski definition) is 3.